The zero-order valence-corrected chi connectivity index (χ0v) is 7.95. The normalized spacial score (nSPS) is 15.3. The molecule has 0 aliphatic rings. The Kier molecular flexibility index (Phi) is 2.90. The maximum absolute atomic E-state index is 9.27. The number of aromatic hydroxyl groups is 1. The molecule has 0 aliphatic carbocycles. The first kappa shape index (κ1) is 10.0. The van der Waals surface area contributed by atoms with Gasteiger partial charge in [-0.2, -0.15) is 0 Å². The van der Waals surface area contributed by atoms with Crippen molar-refractivity contribution in [1.29, 1.82) is 0 Å². The van der Waals surface area contributed by atoms with Crippen molar-refractivity contribution in [3.63, 3.8) is 0 Å². The number of nitrogens with two attached hydrogens (primary N) is 1. The van der Waals surface area contributed by atoms with Gasteiger partial charge in [-0.1, -0.05) is 12.1 Å². The van der Waals surface area contributed by atoms with Gasteiger partial charge in [0.05, 0.1) is 0 Å². The van der Waals surface area contributed by atoms with E-state index in [4.69, 9.17) is 10.5 Å². The highest BCUT2D eigenvalue weighted by Crippen LogP contribution is 2.25. The molecule has 0 radical (unpaired) electrons. The molecular formula is C10H15NO2. The van der Waals surface area contributed by atoms with Gasteiger partial charge >= 0.3 is 0 Å². The van der Waals surface area contributed by atoms with Crippen LogP contribution in [0.2, 0.25) is 0 Å². The molecule has 1 unspecified atom stereocenters. The first-order valence-electron chi connectivity index (χ1n) is 4.17. The number of benzene rings is 1. The molecule has 0 saturated heterocycles. The summed E-state index contributed by atoms with van der Waals surface area (Å²) in [5.74, 6) is 0.231. The summed E-state index contributed by atoms with van der Waals surface area (Å²) in [6, 6.07) is 6.94. The maximum atomic E-state index is 9.27. The predicted molar refractivity (Wildman–Crippen MR) is 51.5 cm³/mol. The van der Waals surface area contributed by atoms with E-state index >= 15 is 0 Å². The minimum atomic E-state index is -0.515. The van der Waals surface area contributed by atoms with E-state index in [9.17, 15) is 5.11 Å². The van der Waals surface area contributed by atoms with Gasteiger partial charge in [0.15, 0.2) is 0 Å². The van der Waals surface area contributed by atoms with Gasteiger partial charge in [-0.05, 0) is 24.6 Å². The number of ether oxygens (including phenoxy) is 1. The Morgan fingerprint density at radius 2 is 2.23 bits per heavy atom. The summed E-state index contributed by atoms with van der Waals surface area (Å²) < 4.78 is 5.29. The van der Waals surface area contributed by atoms with Gasteiger partial charge in [-0.25, -0.2) is 0 Å². The smallest absolute Gasteiger partial charge is 0.115 e. The Morgan fingerprint density at radius 1 is 1.54 bits per heavy atom. The summed E-state index contributed by atoms with van der Waals surface area (Å²) in [6.07, 6.45) is 0. The van der Waals surface area contributed by atoms with E-state index in [0.29, 0.717) is 6.54 Å². The second kappa shape index (κ2) is 3.77. The Morgan fingerprint density at radius 3 is 2.69 bits per heavy atom. The summed E-state index contributed by atoms with van der Waals surface area (Å²) in [7, 11) is 1.61. The number of hydrogen-bond acceptors (Lipinski definition) is 3. The number of phenolic OH excluding ortho intramolecular Hbond substituents is 1. The average Bonchev–Trinajstić information content (AvgIpc) is 2.17. The Labute approximate surface area is 78.1 Å². The molecule has 1 atom stereocenters. The quantitative estimate of drug-likeness (QED) is 0.737. The molecular weight excluding hydrogens is 166 g/mol. The van der Waals surface area contributed by atoms with Gasteiger partial charge in [0.1, 0.15) is 11.4 Å². The molecule has 0 amide bonds. The summed E-state index contributed by atoms with van der Waals surface area (Å²) in [6.45, 7) is 2.27. The van der Waals surface area contributed by atoms with Crippen LogP contribution in [0.3, 0.4) is 0 Å². The first-order valence-corrected chi connectivity index (χ1v) is 4.17. The Balaban J connectivity index is 3.05. The third-order valence-corrected chi connectivity index (χ3v) is 2.30. The van der Waals surface area contributed by atoms with Gasteiger partial charge < -0.3 is 15.6 Å². The number of rotatable bonds is 3. The molecule has 3 heteroatoms. The fourth-order valence-electron chi connectivity index (χ4n) is 1.15. The zero-order chi connectivity index (χ0) is 9.90. The van der Waals surface area contributed by atoms with Gasteiger partial charge in [0.2, 0.25) is 0 Å². The average molecular weight is 181 g/mol. The fraction of sp³-hybridized carbons (Fsp3) is 0.400. The number of hydrogen-bond donors (Lipinski definition) is 2. The first-order chi connectivity index (χ1) is 6.12. The number of phenols is 1. The Hall–Kier alpha value is -1.06. The van der Waals surface area contributed by atoms with Gasteiger partial charge in [-0.3, -0.25) is 0 Å². The van der Waals surface area contributed by atoms with E-state index in [0.717, 1.165) is 5.56 Å². The monoisotopic (exact) mass is 181 g/mol. The lowest BCUT2D eigenvalue weighted by Gasteiger charge is -2.26. The van der Waals surface area contributed by atoms with E-state index in [2.05, 4.69) is 0 Å². The predicted octanol–water partition coefficient (Wildman–Crippen LogP) is 1.21. The highest BCUT2D eigenvalue weighted by Gasteiger charge is 2.24. The van der Waals surface area contributed by atoms with E-state index in [1.165, 1.54) is 0 Å². The lowest BCUT2D eigenvalue weighted by Crippen LogP contribution is -2.33. The Bertz CT molecular complexity index is 282. The molecule has 1 aromatic carbocycles. The minimum Gasteiger partial charge on any atom is -0.508 e. The molecule has 0 spiro atoms. The summed E-state index contributed by atoms with van der Waals surface area (Å²) >= 11 is 0. The zero-order valence-electron chi connectivity index (χ0n) is 7.95. The van der Waals surface area contributed by atoms with Crippen molar-refractivity contribution in [3.05, 3.63) is 29.8 Å². The van der Waals surface area contributed by atoms with Crippen molar-refractivity contribution in [2.45, 2.75) is 12.5 Å². The van der Waals surface area contributed by atoms with Gasteiger partial charge in [0.25, 0.3) is 0 Å². The largest absolute Gasteiger partial charge is 0.508 e. The standard InChI is InChI=1S/C10H15NO2/c1-10(7-11,13-2)8-4-3-5-9(12)6-8/h3-6,12H,7,11H2,1-2H3. The van der Waals surface area contributed by atoms with E-state index in [1.807, 2.05) is 13.0 Å². The highest BCUT2D eigenvalue weighted by molar-refractivity contribution is 5.31. The van der Waals surface area contributed by atoms with Crippen LogP contribution in [-0.2, 0) is 10.3 Å². The second-order valence-electron chi connectivity index (χ2n) is 3.19. The molecule has 1 rings (SSSR count). The van der Waals surface area contributed by atoms with Crippen LogP contribution in [0.5, 0.6) is 5.75 Å². The van der Waals surface area contributed by atoms with Crippen LogP contribution in [0.25, 0.3) is 0 Å². The molecule has 0 saturated carbocycles. The molecule has 0 bridgehead atoms. The van der Waals surface area contributed by atoms with Gasteiger partial charge in [-0.15, -0.1) is 0 Å². The third kappa shape index (κ3) is 1.99. The van der Waals surface area contributed by atoms with Crippen molar-refractivity contribution in [2.75, 3.05) is 13.7 Å². The SMILES string of the molecule is COC(C)(CN)c1cccc(O)c1. The summed E-state index contributed by atoms with van der Waals surface area (Å²) in [5, 5.41) is 9.27. The molecule has 3 nitrogen and oxygen atoms in total. The lowest BCUT2D eigenvalue weighted by atomic mass is 9.96. The van der Waals surface area contributed by atoms with Crippen LogP contribution in [-0.4, -0.2) is 18.8 Å². The third-order valence-electron chi connectivity index (χ3n) is 2.30. The maximum Gasteiger partial charge on any atom is 0.115 e. The molecule has 0 aliphatic heterocycles. The summed E-state index contributed by atoms with van der Waals surface area (Å²) in [5.41, 5.74) is 5.96. The van der Waals surface area contributed by atoms with Crippen LogP contribution < -0.4 is 5.73 Å². The second-order valence-corrected chi connectivity index (χ2v) is 3.19. The molecule has 13 heavy (non-hydrogen) atoms. The van der Waals surface area contributed by atoms with Crippen molar-refractivity contribution in [2.24, 2.45) is 5.73 Å². The summed E-state index contributed by atoms with van der Waals surface area (Å²) in [4.78, 5) is 0. The molecule has 0 aromatic heterocycles. The van der Waals surface area contributed by atoms with Gasteiger partial charge in [0, 0.05) is 13.7 Å². The van der Waals surface area contributed by atoms with Crippen molar-refractivity contribution >= 4 is 0 Å². The molecule has 0 heterocycles. The van der Waals surface area contributed by atoms with Crippen LogP contribution >= 0.6 is 0 Å². The van der Waals surface area contributed by atoms with Crippen molar-refractivity contribution < 1.29 is 9.84 Å². The minimum absolute atomic E-state index is 0.231. The van der Waals surface area contributed by atoms with E-state index in [-0.39, 0.29) is 5.75 Å². The lowest BCUT2D eigenvalue weighted by molar-refractivity contribution is 0.00992. The van der Waals surface area contributed by atoms with Crippen LogP contribution in [0.4, 0.5) is 0 Å². The molecule has 0 fully saturated rings. The highest BCUT2D eigenvalue weighted by atomic mass is 16.5. The van der Waals surface area contributed by atoms with E-state index in [1.54, 1.807) is 25.3 Å². The van der Waals surface area contributed by atoms with E-state index < -0.39 is 5.60 Å². The van der Waals surface area contributed by atoms with Crippen LogP contribution in [0, 0.1) is 0 Å². The van der Waals surface area contributed by atoms with Crippen molar-refractivity contribution in [3.8, 4) is 5.75 Å². The molecule has 1 aromatic rings. The van der Waals surface area contributed by atoms with Crippen LogP contribution in [0.1, 0.15) is 12.5 Å². The fourth-order valence-corrected chi connectivity index (χ4v) is 1.15. The van der Waals surface area contributed by atoms with Crippen molar-refractivity contribution in [1.82, 2.24) is 0 Å². The topological polar surface area (TPSA) is 55.5 Å². The molecule has 72 valence electrons. The number of methoxy groups -OCH3 is 1. The molecule has 3 N–H and O–H groups in total. The van der Waals surface area contributed by atoms with Crippen LogP contribution in [0.15, 0.2) is 24.3 Å².